The van der Waals surface area contributed by atoms with E-state index in [1.54, 1.807) is 43.8 Å². The number of nitrogens with zero attached hydrogens (tertiary/aromatic N) is 4. The predicted molar refractivity (Wildman–Crippen MR) is 99.6 cm³/mol. The van der Waals surface area contributed by atoms with Crippen molar-refractivity contribution in [2.75, 3.05) is 25.9 Å². The summed E-state index contributed by atoms with van der Waals surface area (Å²) in [5, 5.41) is 0. The largest absolute Gasteiger partial charge is 0.481 e. The fourth-order valence-corrected chi connectivity index (χ4v) is 2.95. The summed E-state index contributed by atoms with van der Waals surface area (Å²) in [5.74, 6) is 1.18. The second-order valence-electron chi connectivity index (χ2n) is 5.65. The summed E-state index contributed by atoms with van der Waals surface area (Å²) in [4.78, 5) is 8.50. The molecule has 0 fully saturated rings. The van der Waals surface area contributed by atoms with Crippen molar-refractivity contribution in [3.8, 4) is 23.0 Å². The molecule has 0 saturated heterocycles. The quantitative estimate of drug-likeness (QED) is 0.715. The fourth-order valence-electron chi connectivity index (χ4n) is 2.34. The van der Waals surface area contributed by atoms with Gasteiger partial charge in [-0.3, -0.25) is 9.29 Å². The van der Waals surface area contributed by atoms with Crippen LogP contribution in [-0.2, 0) is 10.2 Å². The predicted octanol–water partition coefficient (Wildman–Crippen LogP) is 2.16. The highest BCUT2D eigenvalue weighted by molar-refractivity contribution is 7.90. The van der Waals surface area contributed by atoms with E-state index in [1.165, 1.54) is 14.1 Å². The maximum atomic E-state index is 12.0. The zero-order valence-corrected chi connectivity index (χ0v) is 15.4. The minimum absolute atomic E-state index is 0.461. The first-order valence-corrected chi connectivity index (χ1v) is 9.19. The van der Waals surface area contributed by atoms with Crippen molar-refractivity contribution in [3.05, 3.63) is 55.0 Å². The smallest absolute Gasteiger partial charge is 0.301 e. The summed E-state index contributed by atoms with van der Waals surface area (Å²) in [6, 6.07) is 10.7. The molecule has 1 aromatic carbocycles. The molecule has 0 radical (unpaired) electrons. The highest BCUT2D eigenvalue weighted by atomic mass is 32.2. The van der Waals surface area contributed by atoms with Crippen molar-refractivity contribution >= 4 is 15.9 Å². The Morgan fingerprint density at radius 3 is 2.65 bits per heavy atom. The van der Waals surface area contributed by atoms with Gasteiger partial charge in [0.05, 0.1) is 12.8 Å². The third kappa shape index (κ3) is 3.68. The Hall–Kier alpha value is -2.91. The molecule has 2 aromatic heterocycles. The minimum atomic E-state index is -3.57. The van der Waals surface area contributed by atoms with E-state index in [4.69, 9.17) is 4.74 Å². The summed E-state index contributed by atoms with van der Waals surface area (Å²) in [5.41, 5.74) is 2.07. The van der Waals surface area contributed by atoms with Crippen molar-refractivity contribution in [2.24, 2.45) is 0 Å². The highest BCUT2D eigenvalue weighted by Crippen LogP contribution is 2.25. The Labute approximate surface area is 152 Å². The number of imidazole rings is 1. The van der Waals surface area contributed by atoms with E-state index >= 15 is 0 Å². The molecular formula is C17H19N5O3S. The molecule has 0 bridgehead atoms. The van der Waals surface area contributed by atoms with Gasteiger partial charge in [-0.15, -0.1) is 0 Å². The molecule has 1 N–H and O–H groups in total. The summed E-state index contributed by atoms with van der Waals surface area (Å²) in [6.45, 7) is 0. The van der Waals surface area contributed by atoms with Crippen LogP contribution in [0.4, 0.5) is 5.69 Å². The zero-order chi connectivity index (χ0) is 18.7. The van der Waals surface area contributed by atoms with Crippen LogP contribution >= 0.6 is 0 Å². The Bertz CT molecular complexity index is 1010. The van der Waals surface area contributed by atoms with E-state index in [1.807, 2.05) is 22.9 Å². The molecule has 3 rings (SSSR count). The Morgan fingerprint density at radius 2 is 1.92 bits per heavy atom. The van der Waals surface area contributed by atoms with Crippen LogP contribution in [0.2, 0.25) is 0 Å². The Morgan fingerprint density at radius 1 is 1.12 bits per heavy atom. The summed E-state index contributed by atoms with van der Waals surface area (Å²) in [6.07, 6.45) is 5.13. The van der Waals surface area contributed by atoms with E-state index in [0.717, 1.165) is 15.6 Å². The lowest BCUT2D eigenvalue weighted by Gasteiger charge is -2.15. The molecule has 0 saturated carbocycles. The van der Waals surface area contributed by atoms with Crippen LogP contribution in [0.5, 0.6) is 5.88 Å². The van der Waals surface area contributed by atoms with Crippen LogP contribution in [0.25, 0.3) is 17.1 Å². The number of aromatic nitrogens is 3. The molecule has 0 unspecified atom stereocenters. The van der Waals surface area contributed by atoms with Gasteiger partial charge >= 0.3 is 10.2 Å². The van der Waals surface area contributed by atoms with Crippen molar-refractivity contribution in [1.82, 2.24) is 18.8 Å². The highest BCUT2D eigenvalue weighted by Gasteiger charge is 2.14. The van der Waals surface area contributed by atoms with Gasteiger partial charge in [0.15, 0.2) is 0 Å². The maximum Gasteiger partial charge on any atom is 0.301 e. The number of benzene rings is 1. The van der Waals surface area contributed by atoms with Crippen LogP contribution in [0, 0.1) is 0 Å². The molecule has 136 valence electrons. The van der Waals surface area contributed by atoms with Gasteiger partial charge in [-0.05, 0) is 24.3 Å². The van der Waals surface area contributed by atoms with Gasteiger partial charge in [0.1, 0.15) is 5.82 Å². The number of anilines is 1. The van der Waals surface area contributed by atoms with E-state index in [0.29, 0.717) is 17.4 Å². The lowest BCUT2D eigenvalue weighted by molar-refractivity contribution is 0.398. The number of ether oxygens (including phenoxy) is 1. The number of hydrogen-bond donors (Lipinski definition) is 1. The average Bonchev–Trinajstić information content (AvgIpc) is 3.11. The number of nitrogens with one attached hydrogen (secondary N) is 1. The van der Waals surface area contributed by atoms with Crippen LogP contribution in [-0.4, -0.2) is 48.5 Å². The fraction of sp³-hybridized carbons (Fsp3) is 0.176. The first-order chi connectivity index (χ1) is 12.4. The third-order valence-electron chi connectivity index (χ3n) is 3.69. The lowest BCUT2D eigenvalue weighted by Crippen LogP contribution is -2.28. The van der Waals surface area contributed by atoms with Gasteiger partial charge in [0, 0.05) is 50.0 Å². The average molecular weight is 373 g/mol. The molecule has 0 amide bonds. The third-order valence-corrected chi connectivity index (χ3v) is 5.15. The molecule has 2 heterocycles. The lowest BCUT2D eigenvalue weighted by atomic mass is 10.2. The molecule has 0 aliphatic carbocycles. The van der Waals surface area contributed by atoms with Gasteiger partial charge in [-0.25, -0.2) is 9.97 Å². The molecule has 9 heteroatoms. The molecule has 26 heavy (non-hydrogen) atoms. The van der Waals surface area contributed by atoms with Gasteiger partial charge in [-0.2, -0.15) is 12.7 Å². The summed E-state index contributed by atoms with van der Waals surface area (Å²) < 4.78 is 34.7. The molecular weight excluding hydrogens is 354 g/mol. The van der Waals surface area contributed by atoms with Crippen molar-refractivity contribution < 1.29 is 13.2 Å². The number of pyridine rings is 1. The van der Waals surface area contributed by atoms with Crippen LogP contribution in [0.1, 0.15) is 0 Å². The van der Waals surface area contributed by atoms with Gasteiger partial charge in [0.25, 0.3) is 0 Å². The van der Waals surface area contributed by atoms with E-state index in [-0.39, 0.29) is 0 Å². The molecule has 3 aromatic rings. The minimum Gasteiger partial charge on any atom is -0.481 e. The summed E-state index contributed by atoms with van der Waals surface area (Å²) in [7, 11) is 0.918. The van der Waals surface area contributed by atoms with Crippen molar-refractivity contribution in [3.63, 3.8) is 0 Å². The second kappa shape index (κ2) is 7.14. The molecule has 0 aliphatic rings. The van der Waals surface area contributed by atoms with E-state index in [9.17, 15) is 8.42 Å². The zero-order valence-electron chi connectivity index (χ0n) is 14.6. The SMILES string of the molecule is COc1cc(-c2nccn2-c2cccc(NS(=O)(=O)N(C)C)c2)ccn1. The maximum absolute atomic E-state index is 12.0. The molecule has 0 atom stereocenters. The molecule has 0 aliphatic heterocycles. The van der Waals surface area contributed by atoms with Gasteiger partial charge < -0.3 is 4.74 Å². The Kier molecular flexibility index (Phi) is 4.92. The molecule has 8 nitrogen and oxygen atoms in total. The van der Waals surface area contributed by atoms with Crippen molar-refractivity contribution in [1.29, 1.82) is 0 Å². The van der Waals surface area contributed by atoms with Gasteiger partial charge in [-0.1, -0.05) is 6.07 Å². The van der Waals surface area contributed by atoms with E-state index < -0.39 is 10.2 Å². The standard InChI is InChI=1S/C17H19N5O3S/c1-21(2)26(23,24)20-14-5-4-6-15(12-14)22-10-9-19-17(22)13-7-8-18-16(11-13)25-3/h4-12,20H,1-3H3. The molecule has 0 spiro atoms. The summed E-state index contributed by atoms with van der Waals surface area (Å²) >= 11 is 0. The van der Waals surface area contributed by atoms with Crippen LogP contribution in [0.15, 0.2) is 55.0 Å². The van der Waals surface area contributed by atoms with Gasteiger partial charge in [0.2, 0.25) is 5.88 Å². The van der Waals surface area contributed by atoms with Crippen LogP contribution in [0.3, 0.4) is 0 Å². The number of rotatable bonds is 6. The number of hydrogen-bond acceptors (Lipinski definition) is 5. The van der Waals surface area contributed by atoms with Crippen molar-refractivity contribution in [2.45, 2.75) is 0 Å². The van der Waals surface area contributed by atoms with E-state index in [2.05, 4.69) is 14.7 Å². The monoisotopic (exact) mass is 373 g/mol. The Balaban J connectivity index is 1.99. The van der Waals surface area contributed by atoms with Crippen LogP contribution < -0.4 is 9.46 Å². The topological polar surface area (TPSA) is 89.3 Å². The first kappa shape index (κ1) is 17.9. The normalized spacial score (nSPS) is 11.5. The number of methoxy groups -OCH3 is 1. The first-order valence-electron chi connectivity index (χ1n) is 7.75. The second-order valence-corrected chi connectivity index (χ2v) is 7.53.